The summed E-state index contributed by atoms with van der Waals surface area (Å²) in [6.45, 7) is 1.90. The van der Waals surface area contributed by atoms with Crippen molar-refractivity contribution < 1.29 is 33.4 Å². The molecule has 2 N–H and O–H groups in total. The maximum atomic E-state index is 13.0. The van der Waals surface area contributed by atoms with Crippen LogP contribution in [-0.2, 0) is 19.1 Å². The second-order valence-corrected chi connectivity index (χ2v) is 8.51. The normalized spacial score (nSPS) is 12.8. The van der Waals surface area contributed by atoms with Crippen molar-refractivity contribution in [1.82, 2.24) is 0 Å². The summed E-state index contributed by atoms with van der Waals surface area (Å²) < 4.78 is 9.63. The van der Waals surface area contributed by atoms with Gasteiger partial charge < -0.3 is 20.1 Å². The minimum atomic E-state index is -0.724. The molecule has 1 aliphatic heterocycles. The minimum absolute atomic E-state index is 0.132. The molecule has 0 saturated heterocycles. The van der Waals surface area contributed by atoms with Gasteiger partial charge in [-0.05, 0) is 73.7 Å². The van der Waals surface area contributed by atoms with Crippen LogP contribution in [0.5, 0.6) is 0 Å². The zero-order valence-corrected chi connectivity index (χ0v) is 21.6. The standard InChI is InChI=1S/C28H22ClN3O7/c1-3-39-28(37)17-9-13-21(14-10-17)32-25(34)22(29)23(26(32)35)30-19-11-7-16(8-12-19)24(33)31-20-6-4-5-18(15-20)27(36)38-2/h4-15,30H,3H2,1-2H3,(H,31,33). The number of benzene rings is 3. The van der Waals surface area contributed by atoms with E-state index in [1.807, 2.05) is 0 Å². The van der Waals surface area contributed by atoms with Crippen LogP contribution in [0.1, 0.15) is 38.0 Å². The Morgan fingerprint density at radius 3 is 2.13 bits per heavy atom. The fourth-order valence-corrected chi connectivity index (χ4v) is 3.91. The number of nitrogens with zero attached hydrogens (tertiary/aromatic N) is 1. The number of esters is 2. The Morgan fingerprint density at radius 2 is 1.49 bits per heavy atom. The summed E-state index contributed by atoms with van der Waals surface area (Å²) in [5.41, 5.74) is 1.79. The average molecular weight is 548 g/mol. The SMILES string of the molecule is CCOC(=O)c1ccc(N2C(=O)C(Cl)=C(Nc3ccc(C(=O)Nc4cccc(C(=O)OC)c4)cc3)C2=O)cc1. The zero-order valence-electron chi connectivity index (χ0n) is 20.8. The molecule has 4 rings (SSSR count). The van der Waals surface area contributed by atoms with Crippen molar-refractivity contribution in [3.63, 3.8) is 0 Å². The summed E-state index contributed by atoms with van der Waals surface area (Å²) >= 11 is 6.19. The van der Waals surface area contributed by atoms with Crippen molar-refractivity contribution in [2.24, 2.45) is 0 Å². The molecule has 198 valence electrons. The molecule has 11 heteroatoms. The number of nitrogens with one attached hydrogen (secondary N) is 2. The van der Waals surface area contributed by atoms with Crippen molar-refractivity contribution in [3.8, 4) is 0 Å². The quantitative estimate of drug-likeness (QED) is 0.314. The van der Waals surface area contributed by atoms with Crippen LogP contribution in [0.4, 0.5) is 17.1 Å². The summed E-state index contributed by atoms with van der Waals surface area (Å²) in [6.07, 6.45) is 0. The maximum Gasteiger partial charge on any atom is 0.338 e. The monoisotopic (exact) mass is 547 g/mol. The summed E-state index contributed by atoms with van der Waals surface area (Å²) in [7, 11) is 1.27. The largest absolute Gasteiger partial charge is 0.465 e. The summed E-state index contributed by atoms with van der Waals surface area (Å²) in [5.74, 6) is -2.88. The second kappa shape index (κ2) is 11.6. The highest BCUT2D eigenvalue weighted by molar-refractivity contribution is 6.53. The van der Waals surface area contributed by atoms with Crippen molar-refractivity contribution in [2.45, 2.75) is 6.92 Å². The van der Waals surface area contributed by atoms with Crippen LogP contribution in [0.25, 0.3) is 0 Å². The number of carbonyl (C=O) groups is 5. The molecule has 39 heavy (non-hydrogen) atoms. The predicted molar refractivity (Wildman–Crippen MR) is 144 cm³/mol. The van der Waals surface area contributed by atoms with Gasteiger partial charge >= 0.3 is 11.9 Å². The predicted octanol–water partition coefficient (Wildman–Crippen LogP) is 4.34. The Kier molecular flexibility index (Phi) is 8.07. The van der Waals surface area contributed by atoms with Crippen molar-refractivity contribution >= 4 is 58.3 Å². The Labute approximate surface area is 228 Å². The molecule has 0 unspecified atom stereocenters. The van der Waals surface area contributed by atoms with Gasteiger partial charge in [0.25, 0.3) is 17.7 Å². The third-order valence-electron chi connectivity index (χ3n) is 5.62. The van der Waals surface area contributed by atoms with Crippen molar-refractivity contribution in [1.29, 1.82) is 0 Å². The third-order valence-corrected chi connectivity index (χ3v) is 5.97. The van der Waals surface area contributed by atoms with Crippen LogP contribution in [0.15, 0.2) is 83.5 Å². The first kappa shape index (κ1) is 27.1. The number of anilines is 3. The molecular formula is C28H22ClN3O7. The van der Waals surface area contributed by atoms with Crippen LogP contribution in [0.3, 0.4) is 0 Å². The van der Waals surface area contributed by atoms with Crippen molar-refractivity contribution in [3.05, 3.63) is 100 Å². The molecule has 0 aliphatic carbocycles. The van der Waals surface area contributed by atoms with E-state index < -0.39 is 29.7 Å². The average Bonchev–Trinajstić information content (AvgIpc) is 3.16. The molecule has 1 heterocycles. The van der Waals surface area contributed by atoms with E-state index in [9.17, 15) is 24.0 Å². The van der Waals surface area contributed by atoms with Gasteiger partial charge in [0.05, 0.1) is 30.5 Å². The number of hydrogen-bond acceptors (Lipinski definition) is 8. The van der Waals surface area contributed by atoms with Gasteiger partial charge in [-0.2, -0.15) is 0 Å². The van der Waals surface area contributed by atoms with Gasteiger partial charge in [0.1, 0.15) is 10.7 Å². The number of amides is 3. The number of ether oxygens (including phenoxy) is 2. The number of imide groups is 1. The van der Waals surface area contributed by atoms with Gasteiger partial charge in [-0.25, -0.2) is 14.5 Å². The summed E-state index contributed by atoms with van der Waals surface area (Å²) in [5, 5.41) is 5.23. The molecule has 3 aromatic carbocycles. The lowest BCUT2D eigenvalue weighted by atomic mass is 10.1. The molecule has 0 bridgehead atoms. The minimum Gasteiger partial charge on any atom is -0.465 e. The van der Waals surface area contributed by atoms with E-state index in [2.05, 4.69) is 15.4 Å². The van der Waals surface area contributed by atoms with E-state index in [1.54, 1.807) is 37.3 Å². The number of rotatable bonds is 8. The highest BCUT2D eigenvalue weighted by Gasteiger charge is 2.39. The van der Waals surface area contributed by atoms with E-state index in [-0.39, 0.29) is 28.6 Å². The lowest BCUT2D eigenvalue weighted by Crippen LogP contribution is -2.32. The number of carbonyl (C=O) groups excluding carboxylic acids is 5. The lowest BCUT2D eigenvalue weighted by molar-refractivity contribution is -0.120. The highest BCUT2D eigenvalue weighted by Crippen LogP contribution is 2.30. The van der Waals surface area contributed by atoms with Gasteiger partial charge in [0.2, 0.25) is 0 Å². The van der Waals surface area contributed by atoms with E-state index >= 15 is 0 Å². The molecule has 3 amide bonds. The second-order valence-electron chi connectivity index (χ2n) is 8.13. The molecule has 0 atom stereocenters. The Bertz CT molecular complexity index is 1500. The maximum absolute atomic E-state index is 13.0. The van der Waals surface area contributed by atoms with Gasteiger partial charge in [-0.3, -0.25) is 14.4 Å². The first-order valence-corrected chi connectivity index (χ1v) is 12.0. The van der Waals surface area contributed by atoms with E-state index in [0.29, 0.717) is 22.5 Å². The van der Waals surface area contributed by atoms with Gasteiger partial charge in [-0.1, -0.05) is 17.7 Å². The van der Waals surface area contributed by atoms with Crippen LogP contribution in [0.2, 0.25) is 0 Å². The molecular weight excluding hydrogens is 526 g/mol. The van der Waals surface area contributed by atoms with Crippen LogP contribution in [0, 0.1) is 0 Å². The molecule has 1 aliphatic rings. The van der Waals surface area contributed by atoms with Gasteiger partial charge in [0, 0.05) is 16.9 Å². The summed E-state index contributed by atoms with van der Waals surface area (Å²) in [6, 6.07) is 18.2. The van der Waals surface area contributed by atoms with Crippen LogP contribution < -0.4 is 15.5 Å². The van der Waals surface area contributed by atoms with Crippen molar-refractivity contribution in [2.75, 3.05) is 29.3 Å². The Balaban J connectivity index is 1.44. The molecule has 0 radical (unpaired) electrons. The van der Waals surface area contributed by atoms with Gasteiger partial charge in [0.15, 0.2) is 0 Å². The topological polar surface area (TPSA) is 131 Å². The fourth-order valence-electron chi connectivity index (χ4n) is 3.70. The first-order valence-electron chi connectivity index (χ1n) is 11.7. The van der Waals surface area contributed by atoms with E-state index in [1.165, 1.54) is 49.6 Å². The molecule has 0 aromatic heterocycles. The van der Waals surface area contributed by atoms with Crippen LogP contribution >= 0.6 is 11.6 Å². The van der Waals surface area contributed by atoms with Crippen LogP contribution in [-0.4, -0.2) is 43.4 Å². The number of halogens is 1. The zero-order chi connectivity index (χ0) is 28.1. The Hall–Kier alpha value is -4.96. The molecule has 0 saturated carbocycles. The highest BCUT2D eigenvalue weighted by atomic mass is 35.5. The Morgan fingerprint density at radius 1 is 0.821 bits per heavy atom. The van der Waals surface area contributed by atoms with Gasteiger partial charge in [-0.15, -0.1) is 0 Å². The van der Waals surface area contributed by atoms with E-state index in [4.69, 9.17) is 16.3 Å². The molecule has 10 nitrogen and oxygen atoms in total. The molecule has 0 fully saturated rings. The third kappa shape index (κ3) is 5.81. The molecule has 3 aromatic rings. The molecule has 0 spiro atoms. The first-order chi connectivity index (χ1) is 18.7. The fraction of sp³-hybridized carbons (Fsp3) is 0.107. The summed E-state index contributed by atoms with van der Waals surface area (Å²) in [4.78, 5) is 62.9. The smallest absolute Gasteiger partial charge is 0.338 e. The number of hydrogen-bond donors (Lipinski definition) is 2. The lowest BCUT2D eigenvalue weighted by Gasteiger charge is -2.15. The number of methoxy groups -OCH3 is 1. The van der Waals surface area contributed by atoms with E-state index in [0.717, 1.165) is 4.90 Å².